The second kappa shape index (κ2) is 8.00. The predicted octanol–water partition coefficient (Wildman–Crippen LogP) is 2.24. The van der Waals surface area contributed by atoms with Gasteiger partial charge in [0.1, 0.15) is 5.01 Å². The van der Waals surface area contributed by atoms with Crippen molar-refractivity contribution in [3.8, 4) is 0 Å². The summed E-state index contributed by atoms with van der Waals surface area (Å²) in [6.07, 6.45) is 4.78. The van der Waals surface area contributed by atoms with Gasteiger partial charge in [-0.15, -0.1) is 11.3 Å². The van der Waals surface area contributed by atoms with Gasteiger partial charge in [0.2, 0.25) is 5.91 Å². The van der Waals surface area contributed by atoms with Crippen molar-refractivity contribution in [2.24, 2.45) is 0 Å². The van der Waals surface area contributed by atoms with Crippen LogP contribution in [0.3, 0.4) is 0 Å². The van der Waals surface area contributed by atoms with E-state index in [9.17, 15) is 4.79 Å². The number of pyridine rings is 1. The van der Waals surface area contributed by atoms with Gasteiger partial charge in [0.15, 0.2) is 0 Å². The SMILES string of the molecule is COCc1nc(C)c(CC(=O)N(C)CCc2ccncc2)s1. The molecule has 1 amide bonds. The van der Waals surface area contributed by atoms with Crippen LogP contribution in [-0.2, 0) is 29.0 Å². The molecule has 0 bridgehead atoms. The number of hydrogen-bond acceptors (Lipinski definition) is 5. The maximum atomic E-state index is 12.3. The number of rotatable bonds is 7. The Morgan fingerprint density at radius 1 is 1.36 bits per heavy atom. The first-order valence-electron chi connectivity index (χ1n) is 7.17. The Hall–Kier alpha value is -1.79. The number of aromatic nitrogens is 2. The number of nitrogens with zero attached hydrogens (tertiary/aromatic N) is 3. The lowest BCUT2D eigenvalue weighted by Crippen LogP contribution is -2.30. The van der Waals surface area contributed by atoms with Crippen LogP contribution in [0.15, 0.2) is 24.5 Å². The quantitative estimate of drug-likeness (QED) is 0.785. The van der Waals surface area contributed by atoms with Gasteiger partial charge in [0.05, 0.1) is 18.7 Å². The molecule has 0 atom stereocenters. The van der Waals surface area contributed by atoms with E-state index in [-0.39, 0.29) is 5.91 Å². The zero-order valence-electron chi connectivity index (χ0n) is 13.2. The topological polar surface area (TPSA) is 55.3 Å². The summed E-state index contributed by atoms with van der Waals surface area (Å²) >= 11 is 1.55. The molecule has 0 saturated carbocycles. The Bertz CT molecular complexity index is 613. The summed E-state index contributed by atoms with van der Waals surface area (Å²) < 4.78 is 5.08. The second-order valence-electron chi connectivity index (χ2n) is 5.15. The van der Waals surface area contributed by atoms with Gasteiger partial charge in [0.25, 0.3) is 0 Å². The van der Waals surface area contributed by atoms with Gasteiger partial charge in [0, 0.05) is 38.0 Å². The molecule has 2 rings (SSSR count). The highest BCUT2D eigenvalue weighted by Crippen LogP contribution is 2.20. The number of aryl methyl sites for hydroxylation is 1. The third-order valence-electron chi connectivity index (χ3n) is 3.43. The van der Waals surface area contributed by atoms with Crippen LogP contribution >= 0.6 is 11.3 Å². The molecule has 0 aromatic carbocycles. The number of methoxy groups -OCH3 is 1. The molecule has 5 nitrogen and oxygen atoms in total. The predicted molar refractivity (Wildman–Crippen MR) is 86.8 cm³/mol. The molecule has 0 radical (unpaired) electrons. The van der Waals surface area contributed by atoms with Gasteiger partial charge in [-0.2, -0.15) is 0 Å². The summed E-state index contributed by atoms with van der Waals surface area (Å²) in [5, 5.41) is 0.919. The Kier molecular flexibility index (Phi) is 6.03. The van der Waals surface area contributed by atoms with E-state index in [1.54, 1.807) is 35.7 Å². The average molecular weight is 319 g/mol. The standard InChI is InChI=1S/C16H21N3O2S/c1-12-14(22-15(18-12)11-21-3)10-16(20)19(2)9-6-13-4-7-17-8-5-13/h4-5,7-8H,6,9-11H2,1-3H3. The highest BCUT2D eigenvalue weighted by molar-refractivity contribution is 7.11. The van der Waals surface area contributed by atoms with Crippen LogP contribution < -0.4 is 0 Å². The van der Waals surface area contributed by atoms with Crippen LogP contribution in [0.4, 0.5) is 0 Å². The first-order valence-corrected chi connectivity index (χ1v) is 7.98. The van der Waals surface area contributed by atoms with Gasteiger partial charge in [-0.3, -0.25) is 9.78 Å². The minimum Gasteiger partial charge on any atom is -0.378 e. The maximum absolute atomic E-state index is 12.3. The zero-order valence-corrected chi connectivity index (χ0v) is 14.0. The molecule has 0 aliphatic rings. The molecule has 0 unspecified atom stereocenters. The number of amides is 1. The van der Waals surface area contributed by atoms with Crippen LogP contribution in [0, 0.1) is 6.92 Å². The molecule has 118 valence electrons. The molecule has 0 fully saturated rings. The number of carbonyl (C=O) groups excluding carboxylic acids is 1. The molecule has 0 N–H and O–H groups in total. The highest BCUT2D eigenvalue weighted by atomic mass is 32.1. The van der Waals surface area contributed by atoms with Crippen LogP contribution in [0.5, 0.6) is 0 Å². The van der Waals surface area contributed by atoms with Crippen LogP contribution in [0.1, 0.15) is 21.1 Å². The molecule has 0 saturated heterocycles. The van der Waals surface area contributed by atoms with Crippen molar-refractivity contribution in [3.05, 3.63) is 45.7 Å². The van der Waals surface area contributed by atoms with Gasteiger partial charge in [-0.25, -0.2) is 4.98 Å². The van der Waals surface area contributed by atoms with E-state index >= 15 is 0 Å². The van der Waals surface area contributed by atoms with Crippen molar-refractivity contribution in [2.45, 2.75) is 26.4 Å². The van der Waals surface area contributed by atoms with Crippen LogP contribution in [0.25, 0.3) is 0 Å². The summed E-state index contributed by atoms with van der Waals surface area (Å²) in [5.74, 6) is 0.116. The van der Waals surface area contributed by atoms with Gasteiger partial charge >= 0.3 is 0 Å². The summed E-state index contributed by atoms with van der Waals surface area (Å²) in [6, 6.07) is 3.95. The Labute approximate surface area is 135 Å². The smallest absolute Gasteiger partial charge is 0.227 e. The van der Waals surface area contributed by atoms with E-state index < -0.39 is 0 Å². The molecular weight excluding hydrogens is 298 g/mol. The lowest BCUT2D eigenvalue weighted by molar-refractivity contribution is -0.129. The molecule has 0 spiro atoms. The monoisotopic (exact) mass is 319 g/mol. The Morgan fingerprint density at radius 3 is 2.77 bits per heavy atom. The van der Waals surface area contributed by atoms with Gasteiger partial charge in [-0.05, 0) is 31.0 Å². The molecule has 2 aromatic rings. The van der Waals surface area contributed by atoms with Crippen molar-refractivity contribution in [2.75, 3.05) is 20.7 Å². The Morgan fingerprint density at radius 2 is 2.09 bits per heavy atom. The van der Waals surface area contributed by atoms with Crippen LogP contribution in [-0.4, -0.2) is 41.5 Å². The summed E-state index contributed by atoms with van der Waals surface area (Å²) in [6.45, 7) is 3.14. The molecule has 6 heteroatoms. The first kappa shape index (κ1) is 16.6. The fraction of sp³-hybridized carbons (Fsp3) is 0.438. The lowest BCUT2D eigenvalue weighted by atomic mass is 10.2. The number of hydrogen-bond donors (Lipinski definition) is 0. The Balaban J connectivity index is 1.88. The van der Waals surface area contributed by atoms with E-state index in [2.05, 4.69) is 9.97 Å². The minimum atomic E-state index is 0.116. The van der Waals surface area contributed by atoms with E-state index in [4.69, 9.17) is 4.74 Å². The van der Waals surface area contributed by atoms with Gasteiger partial charge in [-0.1, -0.05) is 0 Å². The molecule has 2 heterocycles. The largest absolute Gasteiger partial charge is 0.378 e. The van der Waals surface area contributed by atoms with Crippen molar-refractivity contribution in [1.29, 1.82) is 0 Å². The highest BCUT2D eigenvalue weighted by Gasteiger charge is 2.15. The third kappa shape index (κ3) is 4.61. The van der Waals surface area contributed by atoms with Crippen molar-refractivity contribution < 1.29 is 9.53 Å². The molecule has 22 heavy (non-hydrogen) atoms. The van der Waals surface area contributed by atoms with E-state index in [0.29, 0.717) is 19.6 Å². The van der Waals surface area contributed by atoms with E-state index in [0.717, 1.165) is 22.0 Å². The number of ether oxygens (including phenoxy) is 1. The second-order valence-corrected chi connectivity index (χ2v) is 6.31. The average Bonchev–Trinajstić information content (AvgIpc) is 2.86. The fourth-order valence-electron chi connectivity index (χ4n) is 2.08. The summed E-state index contributed by atoms with van der Waals surface area (Å²) in [7, 11) is 3.49. The van der Waals surface area contributed by atoms with Crippen LogP contribution in [0.2, 0.25) is 0 Å². The molecule has 0 aliphatic heterocycles. The maximum Gasteiger partial charge on any atom is 0.227 e. The fourth-order valence-corrected chi connectivity index (χ4v) is 3.11. The number of likely N-dealkylation sites (N-methyl/N-ethyl adjacent to an activating group) is 1. The summed E-state index contributed by atoms with van der Waals surface area (Å²) in [5.41, 5.74) is 2.11. The lowest BCUT2D eigenvalue weighted by Gasteiger charge is -2.16. The molecular formula is C16H21N3O2S. The number of carbonyl (C=O) groups is 1. The summed E-state index contributed by atoms with van der Waals surface area (Å²) in [4.78, 5) is 23.5. The van der Waals surface area contributed by atoms with Crippen molar-refractivity contribution >= 4 is 17.2 Å². The van der Waals surface area contributed by atoms with E-state index in [1.807, 2.05) is 26.1 Å². The van der Waals surface area contributed by atoms with Crippen molar-refractivity contribution in [3.63, 3.8) is 0 Å². The van der Waals surface area contributed by atoms with Gasteiger partial charge < -0.3 is 9.64 Å². The molecule has 0 aliphatic carbocycles. The molecule has 2 aromatic heterocycles. The normalized spacial score (nSPS) is 10.7. The minimum absolute atomic E-state index is 0.116. The first-order chi connectivity index (χ1) is 10.6. The zero-order chi connectivity index (χ0) is 15.9. The third-order valence-corrected chi connectivity index (χ3v) is 4.56. The van der Waals surface area contributed by atoms with E-state index in [1.165, 1.54) is 5.56 Å². The number of thiazole rings is 1. The van der Waals surface area contributed by atoms with Crippen molar-refractivity contribution in [1.82, 2.24) is 14.9 Å².